The molecule has 0 aliphatic carbocycles. The molecule has 4 fully saturated rings. The molecular formula is C34H44N6O6. The maximum atomic E-state index is 11.1. The summed E-state index contributed by atoms with van der Waals surface area (Å²) < 4.78 is 17.2. The molecule has 1 amide bonds. The van der Waals surface area contributed by atoms with Crippen LogP contribution in [-0.4, -0.2) is 134 Å². The standard InChI is InChI=1S/C17H21N3O5.C17H23N3O/c18-5-12-1-3-14(4-2-12)24-11-13(21)6-19-7-15-9-20(17(22)23)10-16(8-19)25-15;18-9-15-6-4-14(5-7-15)3-1-2-8-20-12-16-10-19-11-17(13-20)21-16/h1-4,13,15-16,21H,6-11H2,(H,22,23);4-7,16-17,19H,1-3,8,10-13H2/t13-,15?,16?;/m0./s1. The largest absolute Gasteiger partial charge is 0.491 e. The lowest BCUT2D eigenvalue weighted by Gasteiger charge is -2.45. The highest BCUT2D eigenvalue weighted by atomic mass is 16.5. The first-order valence-electron chi connectivity index (χ1n) is 16.1. The Morgan fingerprint density at radius 3 is 2.00 bits per heavy atom. The van der Waals surface area contributed by atoms with Crippen LogP contribution >= 0.6 is 0 Å². The van der Waals surface area contributed by atoms with Gasteiger partial charge in [-0.2, -0.15) is 10.5 Å². The minimum Gasteiger partial charge on any atom is -0.491 e. The van der Waals surface area contributed by atoms with Crippen LogP contribution in [0.4, 0.5) is 4.79 Å². The number of amides is 1. The third-order valence-corrected chi connectivity index (χ3v) is 8.65. The number of rotatable bonds is 10. The Morgan fingerprint density at radius 1 is 0.848 bits per heavy atom. The smallest absolute Gasteiger partial charge is 0.407 e. The van der Waals surface area contributed by atoms with Gasteiger partial charge in [-0.15, -0.1) is 0 Å². The number of morpholine rings is 4. The fourth-order valence-electron chi connectivity index (χ4n) is 6.48. The predicted molar refractivity (Wildman–Crippen MR) is 169 cm³/mol. The molecule has 5 atom stereocenters. The minimum absolute atomic E-state index is 0.153. The molecule has 3 N–H and O–H groups in total. The summed E-state index contributed by atoms with van der Waals surface area (Å²) in [5.41, 5.74) is 2.63. The number of nitriles is 2. The fraction of sp³-hybridized carbons (Fsp3) is 0.559. The van der Waals surface area contributed by atoms with E-state index in [1.54, 1.807) is 24.3 Å². The Bertz CT molecular complexity index is 1320. The second kappa shape index (κ2) is 16.7. The molecular weight excluding hydrogens is 588 g/mol. The molecule has 0 aromatic heterocycles. The molecule has 4 saturated heterocycles. The van der Waals surface area contributed by atoms with Crippen LogP contribution in [0.1, 0.15) is 29.5 Å². The molecule has 0 saturated carbocycles. The van der Waals surface area contributed by atoms with E-state index in [2.05, 4.69) is 33.3 Å². The van der Waals surface area contributed by atoms with E-state index >= 15 is 0 Å². The van der Waals surface area contributed by atoms with Gasteiger partial charge in [-0.05, 0) is 67.8 Å². The van der Waals surface area contributed by atoms with Gasteiger partial charge < -0.3 is 34.6 Å². The average molecular weight is 633 g/mol. The van der Waals surface area contributed by atoms with Crippen LogP contribution in [0.25, 0.3) is 0 Å². The maximum Gasteiger partial charge on any atom is 0.407 e. The summed E-state index contributed by atoms with van der Waals surface area (Å²) in [5, 5.41) is 40.3. The molecule has 2 aromatic carbocycles. The number of fused-ring (bicyclic) bond motifs is 4. The lowest BCUT2D eigenvalue weighted by molar-refractivity contribution is -0.136. The van der Waals surface area contributed by atoms with Crippen molar-refractivity contribution in [3.63, 3.8) is 0 Å². The van der Waals surface area contributed by atoms with E-state index < -0.39 is 12.2 Å². The van der Waals surface area contributed by atoms with Gasteiger partial charge in [-0.25, -0.2) is 4.79 Å². The Balaban J connectivity index is 0.000000184. The molecule has 12 nitrogen and oxygen atoms in total. The Hall–Kier alpha value is -3.75. The van der Waals surface area contributed by atoms with Gasteiger partial charge in [0.15, 0.2) is 0 Å². The van der Waals surface area contributed by atoms with E-state index in [9.17, 15) is 9.90 Å². The summed E-state index contributed by atoms with van der Waals surface area (Å²) >= 11 is 0. The van der Waals surface area contributed by atoms with Crippen LogP contribution in [0, 0.1) is 22.7 Å². The number of carbonyl (C=O) groups is 1. The van der Waals surface area contributed by atoms with Crippen molar-refractivity contribution in [3.8, 4) is 17.9 Å². The number of nitrogens with one attached hydrogen (secondary N) is 1. The normalized spacial score (nSPS) is 24.9. The van der Waals surface area contributed by atoms with Crippen LogP contribution in [0.15, 0.2) is 48.5 Å². The molecule has 4 bridgehead atoms. The maximum absolute atomic E-state index is 11.1. The number of aliphatic hydroxyl groups is 1. The molecule has 4 aliphatic heterocycles. The predicted octanol–water partition coefficient (Wildman–Crippen LogP) is 1.91. The van der Waals surface area contributed by atoms with E-state index in [0.717, 1.165) is 38.2 Å². The minimum atomic E-state index is -0.914. The first-order chi connectivity index (χ1) is 22.4. The monoisotopic (exact) mass is 632 g/mol. The molecule has 12 heteroatoms. The van der Waals surface area contributed by atoms with Gasteiger partial charge in [0.25, 0.3) is 0 Å². The number of hydrogen-bond acceptors (Lipinski definition) is 10. The van der Waals surface area contributed by atoms with Gasteiger partial charge in [0.2, 0.25) is 0 Å². The number of carboxylic acid groups (broad SMARTS) is 1. The summed E-state index contributed by atoms with van der Waals surface area (Å²) in [6.07, 6.45) is 2.42. The number of β-amino-alcohol motifs (C(OH)–C–C–N with tert-alkyl or cyclic N) is 1. The van der Waals surface area contributed by atoms with Crippen LogP contribution in [0.5, 0.6) is 5.75 Å². The van der Waals surface area contributed by atoms with Crippen LogP contribution < -0.4 is 10.1 Å². The Labute approximate surface area is 270 Å². The third-order valence-electron chi connectivity index (χ3n) is 8.65. The summed E-state index contributed by atoms with van der Waals surface area (Å²) in [7, 11) is 0. The SMILES string of the molecule is N#Cc1ccc(CCCCN2CC3CNCC(C2)O3)cc1.N#Cc1ccc(OC[C@@H](O)CN2CC3CN(C(=O)O)CC(C2)O3)cc1. The van der Waals surface area contributed by atoms with Crippen molar-refractivity contribution in [1.82, 2.24) is 20.0 Å². The van der Waals surface area contributed by atoms with Crippen molar-refractivity contribution in [1.29, 1.82) is 10.5 Å². The second-order valence-corrected chi connectivity index (χ2v) is 12.5. The van der Waals surface area contributed by atoms with Crippen molar-refractivity contribution in [2.24, 2.45) is 0 Å². The number of unbranched alkanes of at least 4 members (excludes halogenated alkanes) is 1. The topological polar surface area (TPSA) is 155 Å². The zero-order chi connectivity index (χ0) is 32.3. The Morgan fingerprint density at radius 2 is 1.41 bits per heavy atom. The van der Waals surface area contributed by atoms with E-state index in [1.165, 1.54) is 29.8 Å². The third kappa shape index (κ3) is 10.1. The average Bonchev–Trinajstić information content (AvgIpc) is 3.06. The van der Waals surface area contributed by atoms with Crippen LogP contribution in [0.3, 0.4) is 0 Å². The number of benzene rings is 2. The van der Waals surface area contributed by atoms with Gasteiger partial charge in [-0.1, -0.05) is 12.1 Å². The van der Waals surface area contributed by atoms with Crippen molar-refractivity contribution in [3.05, 3.63) is 65.2 Å². The Kier molecular flexibility index (Phi) is 12.2. The summed E-state index contributed by atoms with van der Waals surface area (Å²) in [6.45, 7) is 7.81. The molecule has 0 radical (unpaired) electrons. The molecule has 0 spiro atoms. The molecule has 4 unspecified atom stereocenters. The molecule has 6 rings (SSSR count). The van der Waals surface area contributed by atoms with Crippen molar-refractivity contribution in [2.45, 2.75) is 49.8 Å². The second-order valence-electron chi connectivity index (χ2n) is 12.5. The number of aliphatic hydroxyl groups excluding tert-OH is 1. The molecule has 4 aliphatic rings. The fourth-order valence-corrected chi connectivity index (χ4v) is 6.48. The van der Waals surface area contributed by atoms with Crippen molar-refractivity contribution in [2.75, 3.05) is 72.1 Å². The van der Waals surface area contributed by atoms with Crippen molar-refractivity contribution >= 4 is 6.09 Å². The van der Waals surface area contributed by atoms with Gasteiger partial charge in [0.1, 0.15) is 18.5 Å². The van der Waals surface area contributed by atoms with E-state index in [-0.39, 0.29) is 18.8 Å². The first kappa shape index (κ1) is 33.6. The number of ether oxygens (including phenoxy) is 3. The highest BCUT2D eigenvalue weighted by molar-refractivity contribution is 5.65. The zero-order valence-electron chi connectivity index (χ0n) is 26.2. The van der Waals surface area contributed by atoms with Crippen LogP contribution in [0.2, 0.25) is 0 Å². The molecule has 246 valence electrons. The van der Waals surface area contributed by atoms with Crippen molar-refractivity contribution < 1.29 is 29.2 Å². The quantitative estimate of drug-likeness (QED) is 0.329. The van der Waals surface area contributed by atoms with Gasteiger partial charge in [0.05, 0.1) is 60.8 Å². The summed E-state index contributed by atoms with van der Waals surface area (Å²) in [6, 6.07) is 18.9. The number of nitrogens with zero attached hydrogens (tertiary/aromatic N) is 5. The van der Waals surface area contributed by atoms with Gasteiger partial charge in [-0.3, -0.25) is 9.80 Å². The van der Waals surface area contributed by atoms with Gasteiger partial charge >= 0.3 is 6.09 Å². The highest BCUT2D eigenvalue weighted by Gasteiger charge is 2.37. The summed E-state index contributed by atoms with van der Waals surface area (Å²) in [4.78, 5) is 17.1. The lowest BCUT2D eigenvalue weighted by Crippen LogP contribution is -2.61. The van der Waals surface area contributed by atoms with Crippen LogP contribution in [-0.2, 0) is 15.9 Å². The van der Waals surface area contributed by atoms with E-state index in [0.29, 0.717) is 56.2 Å². The number of hydrogen-bond donors (Lipinski definition) is 3. The van der Waals surface area contributed by atoms with Gasteiger partial charge in [0, 0.05) is 45.8 Å². The molecule has 2 aromatic rings. The zero-order valence-corrected chi connectivity index (χ0v) is 26.2. The first-order valence-corrected chi connectivity index (χ1v) is 16.1. The lowest BCUT2D eigenvalue weighted by atomic mass is 10.1. The molecule has 4 heterocycles. The van der Waals surface area contributed by atoms with E-state index in [1.807, 2.05) is 18.2 Å². The van der Waals surface area contributed by atoms with E-state index in [4.69, 9.17) is 29.8 Å². The highest BCUT2D eigenvalue weighted by Crippen LogP contribution is 2.20. The number of aryl methyl sites for hydroxylation is 1. The molecule has 46 heavy (non-hydrogen) atoms. The summed E-state index contributed by atoms with van der Waals surface area (Å²) in [5.74, 6) is 0.606.